The first-order valence-corrected chi connectivity index (χ1v) is 14.0. The van der Waals surface area contributed by atoms with Gasteiger partial charge >= 0.3 is 0 Å². The van der Waals surface area contributed by atoms with Crippen LogP contribution >= 0.6 is 0 Å². The van der Waals surface area contributed by atoms with Crippen molar-refractivity contribution in [2.24, 2.45) is 5.92 Å². The Morgan fingerprint density at radius 2 is 1.71 bits per heavy atom. The number of fused-ring (bicyclic) bond motifs is 2. The number of Topliss-reactive ketones (excluding diaryl/α,β-unsaturated/α-hetero) is 1. The molecule has 2 fully saturated rings. The van der Waals surface area contributed by atoms with E-state index in [1.54, 1.807) is 0 Å². The maximum Gasteiger partial charge on any atom is 0.191 e. The van der Waals surface area contributed by atoms with E-state index in [0.717, 1.165) is 32.4 Å². The Morgan fingerprint density at radius 3 is 2.29 bits per heavy atom. The van der Waals surface area contributed by atoms with E-state index in [2.05, 4.69) is 69.1 Å². The van der Waals surface area contributed by atoms with Crippen LogP contribution < -0.4 is 0 Å². The lowest BCUT2D eigenvalue weighted by atomic mass is 9.85. The van der Waals surface area contributed by atoms with Crippen LogP contribution in [-0.4, -0.2) is 37.7 Å². The predicted octanol–water partition coefficient (Wildman–Crippen LogP) is 5.80. The number of nitrogens with zero attached hydrogens (tertiary/aromatic N) is 1. The third-order valence-electron chi connectivity index (χ3n) is 7.38. The lowest BCUT2D eigenvalue weighted by Gasteiger charge is -2.38. The van der Waals surface area contributed by atoms with Crippen LogP contribution in [0.5, 0.6) is 0 Å². The normalized spacial score (nSPS) is 25.8. The summed E-state index contributed by atoms with van der Waals surface area (Å²) in [6.07, 6.45) is 6.21. The second-order valence-electron chi connectivity index (χ2n) is 10.4. The third kappa shape index (κ3) is 5.14. The molecule has 2 aliphatic rings. The summed E-state index contributed by atoms with van der Waals surface area (Å²) in [7, 11) is -1.69. The molecule has 3 rings (SSSR count). The second kappa shape index (κ2) is 8.81. The van der Waals surface area contributed by atoms with Gasteiger partial charge in [0.1, 0.15) is 5.78 Å². The molecule has 4 heteroatoms. The van der Waals surface area contributed by atoms with Crippen molar-refractivity contribution in [3.8, 4) is 0 Å². The quantitative estimate of drug-likeness (QED) is 0.407. The third-order valence-corrected chi connectivity index (χ3v) is 11.9. The predicted molar refractivity (Wildman–Crippen MR) is 119 cm³/mol. The number of piperidine rings is 1. The van der Waals surface area contributed by atoms with Gasteiger partial charge in [-0.25, -0.2) is 0 Å². The number of carbonyl (C=O) groups is 1. The Morgan fingerprint density at radius 1 is 1.11 bits per heavy atom. The molecule has 3 nitrogen and oxygen atoms in total. The maximum absolute atomic E-state index is 12.8. The number of benzene rings is 1. The molecule has 0 aromatic heterocycles. The molecular formula is C24H39NO2Si. The molecule has 0 radical (unpaired) electrons. The van der Waals surface area contributed by atoms with Gasteiger partial charge in [-0.15, -0.1) is 0 Å². The van der Waals surface area contributed by atoms with E-state index in [4.69, 9.17) is 4.43 Å². The average molecular weight is 402 g/mol. The van der Waals surface area contributed by atoms with Crippen LogP contribution in [0.3, 0.4) is 0 Å². The summed E-state index contributed by atoms with van der Waals surface area (Å²) in [5, 5.41) is 0.238. The first kappa shape index (κ1) is 21.7. The molecule has 2 saturated heterocycles. The SMILES string of the molecule is CC(C)(C)[Si](C)(C)OCCCC(=O)C1CC2CCC(C1)N2Cc1ccccc1. The van der Waals surface area contributed by atoms with Gasteiger partial charge in [-0.1, -0.05) is 51.1 Å². The summed E-state index contributed by atoms with van der Waals surface area (Å²) in [6.45, 7) is 13.2. The summed E-state index contributed by atoms with van der Waals surface area (Å²) >= 11 is 0. The maximum atomic E-state index is 12.8. The molecule has 0 saturated carbocycles. The summed E-state index contributed by atoms with van der Waals surface area (Å²) in [5.74, 6) is 0.757. The summed E-state index contributed by atoms with van der Waals surface area (Å²) < 4.78 is 6.25. The van der Waals surface area contributed by atoms with Crippen molar-refractivity contribution in [1.29, 1.82) is 0 Å². The van der Waals surface area contributed by atoms with Crippen LogP contribution in [-0.2, 0) is 15.8 Å². The van der Waals surface area contributed by atoms with Crippen LogP contribution in [0.25, 0.3) is 0 Å². The highest BCUT2D eigenvalue weighted by Gasteiger charge is 2.42. The Kier molecular flexibility index (Phi) is 6.83. The molecule has 2 heterocycles. The fraction of sp³-hybridized carbons (Fsp3) is 0.708. The summed E-state index contributed by atoms with van der Waals surface area (Å²) in [4.78, 5) is 15.5. The Bertz CT molecular complexity index is 638. The van der Waals surface area contributed by atoms with Gasteiger partial charge in [-0.2, -0.15) is 0 Å². The van der Waals surface area contributed by atoms with Crippen molar-refractivity contribution in [2.75, 3.05) is 6.61 Å². The van der Waals surface area contributed by atoms with E-state index >= 15 is 0 Å². The molecule has 156 valence electrons. The minimum atomic E-state index is -1.69. The van der Waals surface area contributed by atoms with Crippen LogP contribution in [0.2, 0.25) is 18.1 Å². The zero-order valence-electron chi connectivity index (χ0n) is 18.5. The van der Waals surface area contributed by atoms with E-state index in [0.29, 0.717) is 24.3 Å². The van der Waals surface area contributed by atoms with Crippen molar-refractivity contribution in [2.45, 2.75) is 96.1 Å². The zero-order chi connectivity index (χ0) is 20.4. The minimum Gasteiger partial charge on any atom is -0.417 e. The molecule has 2 bridgehead atoms. The fourth-order valence-corrected chi connectivity index (χ4v) is 5.67. The molecule has 0 amide bonds. The van der Waals surface area contributed by atoms with E-state index in [-0.39, 0.29) is 11.0 Å². The first-order valence-electron chi connectivity index (χ1n) is 11.1. The van der Waals surface area contributed by atoms with Crippen molar-refractivity contribution >= 4 is 14.1 Å². The minimum absolute atomic E-state index is 0.238. The molecular weight excluding hydrogens is 362 g/mol. The van der Waals surface area contributed by atoms with Gasteiger partial charge in [0.2, 0.25) is 0 Å². The molecule has 0 N–H and O–H groups in total. The number of ketones is 1. The molecule has 0 spiro atoms. The van der Waals surface area contributed by atoms with Crippen LogP contribution in [0.15, 0.2) is 30.3 Å². The molecule has 28 heavy (non-hydrogen) atoms. The van der Waals surface area contributed by atoms with Gasteiger partial charge < -0.3 is 4.43 Å². The lowest BCUT2D eigenvalue weighted by molar-refractivity contribution is -0.125. The van der Waals surface area contributed by atoms with Gasteiger partial charge in [-0.3, -0.25) is 9.69 Å². The number of rotatable bonds is 8. The average Bonchev–Trinajstić information content (AvgIpc) is 2.87. The molecule has 2 atom stereocenters. The van der Waals surface area contributed by atoms with Crippen molar-refractivity contribution < 1.29 is 9.22 Å². The number of hydrogen-bond acceptors (Lipinski definition) is 3. The molecule has 1 aromatic rings. The van der Waals surface area contributed by atoms with E-state index < -0.39 is 8.32 Å². The van der Waals surface area contributed by atoms with Gasteiger partial charge in [0.25, 0.3) is 0 Å². The zero-order valence-corrected chi connectivity index (χ0v) is 19.5. The van der Waals surface area contributed by atoms with Crippen LogP contribution in [0, 0.1) is 5.92 Å². The van der Waals surface area contributed by atoms with Crippen LogP contribution in [0.1, 0.15) is 64.9 Å². The summed E-state index contributed by atoms with van der Waals surface area (Å²) in [6, 6.07) is 12.0. The van der Waals surface area contributed by atoms with Gasteiger partial charge in [0.05, 0.1) is 0 Å². The van der Waals surface area contributed by atoms with Gasteiger partial charge in [0, 0.05) is 37.6 Å². The highest BCUT2D eigenvalue weighted by Crippen LogP contribution is 2.40. The van der Waals surface area contributed by atoms with Gasteiger partial charge in [-0.05, 0) is 55.8 Å². The molecule has 2 unspecified atom stereocenters. The van der Waals surface area contributed by atoms with Crippen molar-refractivity contribution in [3.63, 3.8) is 0 Å². The van der Waals surface area contributed by atoms with Crippen molar-refractivity contribution in [1.82, 2.24) is 4.90 Å². The fourth-order valence-electron chi connectivity index (χ4n) is 4.58. The number of carbonyl (C=O) groups excluding carboxylic acids is 1. The van der Waals surface area contributed by atoms with Crippen LogP contribution in [0.4, 0.5) is 0 Å². The lowest BCUT2D eigenvalue weighted by Crippen LogP contribution is -2.44. The van der Waals surface area contributed by atoms with Crippen molar-refractivity contribution in [3.05, 3.63) is 35.9 Å². The topological polar surface area (TPSA) is 29.5 Å². The molecule has 1 aromatic carbocycles. The molecule has 0 aliphatic carbocycles. The second-order valence-corrected chi connectivity index (χ2v) is 15.2. The Balaban J connectivity index is 1.45. The molecule has 2 aliphatic heterocycles. The monoisotopic (exact) mass is 401 g/mol. The first-order chi connectivity index (χ1) is 13.2. The van der Waals surface area contributed by atoms with E-state index in [1.165, 1.54) is 18.4 Å². The van der Waals surface area contributed by atoms with E-state index in [1.807, 2.05) is 0 Å². The van der Waals surface area contributed by atoms with Gasteiger partial charge in [0.15, 0.2) is 8.32 Å². The summed E-state index contributed by atoms with van der Waals surface area (Å²) in [5.41, 5.74) is 1.40. The standard InChI is InChI=1S/C24H39NO2Si/c1-24(2,3)28(4,5)27-15-9-12-23(26)20-16-21-13-14-22(17-20)25(21)18-19-10-7-6-8-11-19/h6-8,10-11,20-22H,9,12-18H2,1-5H3. The largest absolute Gasteiger partial charge is 0.417 e. The van der Waals surface area contributed by atoms with E-state index in [9.17, 15) is 4.79 Å². The Labute approximate surface area is 173 Å². The Hall–Kier alpha value is -0.973. The number of hydrogen-bond donors (Lipinski definition) is 0. The highest BCUT2D eigenvalue weighted by atomic mass is 28.4. The smallest absolute Gasteiger partial charge is 0.191 e. The highest BCUT2D eigenvalue weighted by molar-refractivity contribution is 6.74.